The summed E-state index contributed by atoms with van der Waals surface area (Å²) in [5.74, 6) is 0. The van der Waals surface area contributed by atoms with E-state index in [9.17, 15) is 4.79 Å². The van der Waals surface area contributed by atoms with Crippen molar-refractivity contribution in [3.05, 3.63) is 12.2 Å². The summed E-state index contributed by atoms with van der Waals surface area (Å²) in [6.07, 6.45) is 7.01. The van der Waals surface area contributed by atoms with Crippen LogP contribution in [0.25, 0.3) is 0 Å². The van der Waals surface area contributed by atoms with Crippen LogP contribution in [0.3, 0.4) is 0 Å². The lowest BCUT2D eigenvalue weighted by molar-refractivity contribution is 0.124. The molecule has 0 saturated carbocycles. The molecule has 0 rings (SSSR count). The Bertz CT molecular complexity index is 166. The maximum absolute atomic E-state index is 10.5. The Morgan fingerprint density at radius 1 is 1.54 bits per heavy atom. The van der Waals surface area contributed by atoms with E-state index in [-0.39, 0.29) is 6.10 Å². The van der Waals surface area contributed by atoms with Gasteiger partial charge in [-0.3, -0.25) is 0 Å². The monoisotopic (exact) mass is 185 g/mol. The van der Waals surface area contributed by atoms with Crippen LogP contribution < -0.4 is 5.73 Å². The predicted molar refractivity (Wildman–Crippen MR) is 53.4 cm³/mol. The number of nitrogens with two attached hydrogens (primary N) is 1. The summed E-state index contributed by atoms with van der Waals surface area (Å²) in [5.41, 5.74) is 4.94. The molecule has 0 aliphatic rings. The third kappa shape index (κ3) is 7.37. The van der Waals surface area contributed by atoms with Gasteiger partial charge in [-0.1, -0.05) is 26.3 Å². The van der Waals surface area contributed by atoms with Crippen molar-refractivity contribution in [3.8, 4) is 0 Å². The first kappa shape index (κ1) is 12.0. The molecule has 0 unspecified atom stereocenters. The van der Waals surface area contributed by atoms with E-state index < -0.39 is 6.09 Å². The standard InChI is InChI=1S/C10H19NO2/c1-3-5-7-9(8-6-4-2)13-10(11)12/h5,7,9H,3-4,6,8H2,1-2H3,(H2,11,12)/b7-5+/t9-/m0/s1. The third-order valence-electron chi connectivity index (χ3n) is 1.70. The molecule has 0 heterocycles. The molecule has 1 atom stereocenters. The van der Waals surface area contributed by atoms with E-state index in [1.54, 1.807) is 0 Å². The van der Waals surface area contributed by atoms with Crippen molar-refractivity contribution >= 4 is 6.09 Å². The Labute approximate surface area is 79.9 Å². The van der Waals surface area contributed by atoms with Crippen LogP contribution in [0, 0.1) is 0 Å². The van der Waals surface area contributed by atoms with Gasteiger partial charge in [0.2, 0.25) is 0 Å². The largest absolute Gasteiger partial charge is 0.442 e. The minimum Gasteiger partial charge on any atom is -0.442 e. The molecule has 1 amide bonds. The summed E-state index contributed by atoms with van der Waals surface area (Å²) in [5, 5.41) is 0. The van der Waals surface area contributed by atoms with Gasteiger partial charge in [-0.05, 0) is 25.3 Å². The molecule has 0 saturated heterocycles. The third-order valence-corrected chi connectivity index (χ3v) is 1.70. The lowest BCUT2D eigenvalue weighted by atomic mass is 10.1. The molecular weight excluding hydrogens is 166 g/mol. The summed E-state index contributed by atoms with van der Waals surface area (Å²) in [7, 11) is 0. The van der Waals surface area contributed by atoms with E-state index in [2.05, 4.69) is 6.92 Å². The number of hydrogen-bond acceptors (Lipinski definition) is 2. The van der Waals surface area contributed by atoms with E-state index >= 15 is 0 Å². The van der Waals surface area contributed by atoms with E-state index in [1.807, 2.05) is 19.1 Å². The maximum atomic E-state index is 10.5. The Balaban J connectivity index is 3.87. The van der Waals surface area contributed by atoms with Gasteiger partial charge in [0.1, 0.15) is 6.10 Å². The predicted octanol–water partition coefficient (Wildman–Crippen LogP) is 2.61. The van der Waals surface area contributed by atoms with Gasteiger partial charge in [0.15, 0.2) is 0 Å². The number of amides is 1. The lowest BCUT2D eigenvalue weighted by Crippen LogP contribution is -2.21. The highest BCUT2D eigenvalue weighted by Gasteiger charge is 2.06. The highest BCUT2D eigenvalue weighted by molar-refractivity contribution is 5.65. The number of ether oxygens (including phenoxy) is 1. The first-order chi connectivity index (χ1) is 6.20. The van der Waals surface area contributed by atoms with Crippen LogP contribution in [-0.2, 0) is 4.74 Å². The second kappa shape index (κ2) is 7.65. The van der Waals surface area contributed by atoms with Crippen LogP contribution in [0.15, 0.2) is 12.2 Å². The number of primary amides is 1. The number of hydrogen-bond donors (Lipinski definition) is 1. The van der Waals surface area contributed by atoms with Gasteiger partial charge in [-0.15, -0.1) is 0 Å². The fourth-order valence-electron chi connectivity index (χ4n) is 1.04. The van der Waals surface area contributed by atoms with Crippen molar-refractivity contribution < 1.29 is 9.53 Å². The van der Waals surface area contributed by atoms with Crippen LogP contribution in [0.5, 0.6) is 0 Å². The zero-order valence-corrected chi connectivity index (χ0v) is 8.45. The van der Waals surface area contributed by atoms with Crippen LogP contribution >= 0.6 is 0 Å². The molecule has 13 heavy (non-hydrogen) atoms. The van der Waals surface area contributed by atoms with E-state index in [0.29, 0.717) is 0 Å². The van der Waals surface area contributed by atoms with Gasteiger partial charge in [-0.2, -0.15) is 0 Å². The van der Waals surface area contributed by atoms with Crippen molar-refractivity contribution in [2.24, 2.45) is 5.73 Å². The number of carbonyl (C=O) groups excluding carboxylic acids is 1. The fourth-order valence-corrected chi connectivity index (χ4v) is 1.04. The summed E-state index contributed by atoms with van der Waals surface area (Å²) in [6.45, 7) is 4.14. The first-order valence-electron chi connectivity index (χ1n) is 4.83. The van der Waals surface area contributed by atoms with Gasteiger partial charge in [0.25, 0.3) is 0 Å². The minimum atomic E-state index is -0.693. The average molecular weight is 185 g/mol. The van der Waals surface area contributed by atoms with Crippen molar-refractivity contribution in [2.75, 3.05) is 0 Å². The zero-order chi connectivity index (χ0) is 10.1. The molecule has 3 nitrogen and oxygen atoms in total. The average Bonchev–Trinajstić information content (AvgIpc) is 2.09. The Morgan fingerprint density at radius 2 is 2.23 bits per heavy atom. The minimum absolute atomic E-state index is 0.141. The molecule has 0 fully saturated rings. The van der Waals surface area contributed by atoms with Crippen molar-refractivity contribution in [1.29, 1.82) is 0 Å². The van der Waals surface area contributed by atoms with Gasteiger partial charge in [-0.25, -0.2) is 4.79 Å². The van der Waals surface area contributed by atoms with E-state index in [0.717, 1.165) is 25.7 Å². The number of carbonyl (C=O) groups is 1. The Hall–Kier alpha value is -0.990. The SMILES string of the molecule is CC/C=C/[C@@H](CCCC)OC(N)=O. The Morgan fingerprint density at radius 3 is 2.69 bits per heavy atom. The molecule has 76 valence electrons. The fraction of sp³-hybridized carbons (Fsp3) is 0.700. The molecule has 3 heteroatoms. The molecule has 0 aromatic heterocycles. The van der Waals surface area contributed by atoms with Crippen LogP contribution in [0.2, 0.25) is 0 Å². The second-order valence-corrected chi connectivity index (χ2v) is 2.95. The molecule has 0 aromatic carbocycles. The second-order valence-electron chi connectivity index (χ2n) is 2.95. The van der Waals surface area contributed by atoms with E-state index in [1.165, 1.54) is 0 Å². The highest BCUT2D eigenvalue weighted by atomic mass is 16.6. The quantitative estimate of drug-likeness (QED) is 0.647. The van der Waals surface area contributed by atoms with Crippen molar-refractivity contribution in [1.82, 2.24) is 0 Å². The van der Waals surface area contributed by atoms with Crippen LogP contribution in [-0.4, -0.2) is 12.2 Å². The molecular formula is C10H19NO2. The molecule has 0 radical (unpaired) electrons. The van der Waals surface area contributed by atoms with Gasteiger partial charge < -0.3 is 10.5 Å². The van der Waals surface area contributed by atoms with Gasteiger partial charge >= 0.3 is 6.09 Å². The normalized spacial score (nSPS) is 13.1. The smallest absolute Gasteiger partial charge is 0.405 e. The van der Waals surface area contributed by atoms with Crippen LogP contribution in [0.1, 0.15) is 39.5 Å². The molecule has 0 aliphatic heterocycles. The lowest BCUT2D eigenvalue weighted by Gasteiger charge is -2.11. The van der Waals surface area contributed by atoms with E-state index in [4.69, 9.17) is 10.5 Å². The zero-order valence-electron chi connectivity index (χ0n) is 8.45. The molecule has 2 N–H and O–H groups in total. The Kier molecular flexibility index (Phi) is 7.07. The highest BCUT2D eigenvalue weighted by Crippen LogP contribution is 2.06. The van der Waals surface area contributed by atoms with Gasteiger partial charge in [0, 0.05) is 0 Å². The molecule has 0 aliphatic carbocycles. The van der Waals surface area contributed by atoms with Gasteiger partial charge in [0.05, 0.1) is 0 Å². The number of rotatable bonds is 6. The number of allylic oxidation sites excluding steroid dienone is 1. The van der Waals surface area contributed by atoms with Crippen molar-refractivity contribution in [2.45, 2.75) is 45.6 Å². The van der Waals surface area contributed by atoms with Crippen LogP contribution in [0.4, 0.5) is 4.79 Å². The maximum Gasteiger partial charge on any atom is 0.405 e. The molecule has 0 aromatic rings. The van der Waals surface area contributed by atoms with Crippen molar-refractivity contribution in [3.63, 3.8) is 0 Å². The summed E-state index contributed by atoms with van der Waals surface area (Å²) in [4.78, 5) is 10.5. The molecule has 0 bridgehead atoms. The summed E-state index contributed by atoms with van der Waals surface area (Å²) in [6, 6.07) is 0. The summed E-state index contributed by atoms with van der Waals surface area (Å²) >= 11 is 0. The molecule has 0 spiro atoms. The first-order valence-corrected chi connectivity index (χ1v) is 4.83. The summed E-state index contributed by atoms with van der Waals surface area (Å²) < 4.78 is 4.91. The number of unbranched alkanes of at least 4 members (excludes halogenated alkanes) is 1. The topological polar surface area (TPSA) is 52.3 Å².